The smallest absolute Gasteiger partial charge is 0.242 e. The lowest BCUT2D eigenvalue weighted by Gasteiger charge is -2.09. The monoisotopic (exact) mass is 313 g/mol. The number of nitrogens with zero attached hydrogens (tertiary/aromatic N) is 1. The van der Waals surface area contributed by atoms with E-state index in [1.165, 1.54) is 24.6 Å². The largest absolute Gasteiger partial charge is 0.398 e. The van der Waals surface area contributed by atoms with Crippen molar-refractivity contribution in [2.24, 2.45) is 0 Å². The molecule has 0 saturated heterocycles. The highest BCUT2D eigenvalue weighted by Gasteiger charge is 2.18. The Balaban J connectivity index is 2.42. The zero-order valence-electron chi connectivity index (χ0n) is 10.9. The van der Waals surface area contributed by atoms with Crippen molar-refractivity contribution in [1.82, 2.24) is 9.71 Å². The topological polar surface area (TPSA) is 102 Å². The molecule has 2 aromatic rings. The lowest BCUT2D eigenvalue weighted by Crippen LogP contribution is -2.28. The maximum Gasteiger partial charge on any atom is 0.242 e. The molecule has 1 aromatic heterocycles. The Hall–Kier alpha value is -1.51. The van der Waals surface area contributed by atoms with Gasteiger partial charge in [0.05, 0.1) is 5.52 Å². The van der Waals surface area contributed by atoms with Gasteiger partial charge in [0.2, 0.25) is 10.0 Å². The van der Waals surface area contributed by atoms with E-state index >= 15 is 0 Å². The van der Waals surface area contributed by atoms with Gasteiger partial charge in [0.1, 0.15) is 4.90 Å². The second kappa shape index (κ2) is 5.86. The lowest BCUT2D eigenvalue weighted by molar-refractivity contribution is 0.585. The number of sulfonamides is 1. The van der Waals surface area contributed by atoms with Crippen molar-refractivity contribution >= 4 is 37.4 Å². The third-order valence-electron chi connectivity index (χ3n) is 2.74. The molecule has 1 unspecified atom stereocenters. The van der Waals surface area contributed by atoms with Gasteiger partial charge in [-0.1, -0.05) is 0 Å². The molecule has 20 heavy (non-hydrogen) atoms. The van der Waals surface area contributed by atoms with Crippen molar-refractivity contribution in [3.05, 3.63) is 30.5 Å². The number of nitrogens with one attached hydrogen (secondary N) is 1. The SMILES string of the molecule is CS(=O)CCNS(=O)(=O)c1ccc(N)c2cccnc12. The summed E-state index contributed by atoms with van der Waals surface area (Å²) in [6.45, 7) is 0.115. The summed E-state index contributed by atoms with van der Waals surface area (Å²) in [5.41, 5.74) is 6.62. The summed E-state index contributed by atoms with van der Waals surface area (Å²) < 4.78 is 37.9. The minimum atomic E-state index is -3.70. The molecule has 0 aliphatic rings. The molecule has 0 bridgehead atoms. The van der Waals surface area contributed by atoms with Crippen LogP contribution in [0.5, 0.6) is 0 Å². The normalized spacial score (nSPS) is 13.4. The first-order valence-electron chi connectivity index (χ1n) is 5.85. The molecule has 0 radical (unpaired) electrons. The van der Waals surface area contributed by atoms with Crippen LogP contribution < -0.4 is 10.5 Å². The zero-order valence-corrected chi connectivity index (χ0v) is 12.5. The highest BCUT2D eigenvalue weighted by atomic mass is 32.2. The first-order chi connectivity index (χ1) is 9.42. The first-order valence-corrected chi connectivity index (χ1v) is 9.06. The molecular weight excluding hydrogens is 298 g/mol. The number of nitrogen functional groups attached to an aromatic ring is 1. The molecule has 6 nitrogen and oxygen atoms in total. The molecule has 8 heteroatoms. The molecule has 0 spiro atoms. The van der Waals surface area contributed by atoms with Gasteiger partial charge in [0.15, 0.2) is 0 Å². The van der Waals surface area contributed by atoms with Crippen molar-refractivity contribution in [3.8, 4) is 0 Å². The molecule has 1 heterocycles. The lowest BCUT2D eigenvalue weighted by atomic mass is 10.2. The predicted octanol–water partition coefficient (Wildman–Crippen LogP) is 0.474. The van der Waals surface area contributed by atoms with Gasteiger partial charge in [0, 0.05) is 46.6 Å². The minimum Gasteiger partial charge on any atom is -0.398 e. The quantitative estimate of drug-likeness (QED) is 0.781. The number of aromatic nitrogens is 1. The van der Waals surface area contributed by atoms with E-state index in [1.54, 1.807) is 12.1 Å². The Labute approximate surface area is 119 Å². The number of benzene rings is 1. The van der Waals surface area contributed by atoms with Crippen LogP contribution in [0.3, 0.4) is 0 Å². The van der Waals surface area contributed by atoms with E-state index in [2.05, 4.69) is 9.71 Å². The van der Waals surface area contributed by atoms with Gasteiger partial charge in [-0.2, -0.15) is 0 Å². The number of hydrogen-bond donors (Lipinski definition) is 2. The Kier molecular flexibility index (Phi) is 4.36. The fraction of sp³-hybridized carbons (Fsp3) is 0.250. The van der Waals surface area contributed by atoms with Gasteiger partial charge >= 0.3 is 0 Å². The van der Waals surface area contributed by atoms with Crippen molar-refractivity contribution in [3.63, 3.8) is 0 Å². The van der Waals surface area contributed by atoms with Crippen LogP contribution in [0.25, 0.3) is 10.9 Å². The van der Waals surface area contributed by atoms with Gasteiger partial charge in [-0.15, -0.1) is 0 Å². The molecule has 0 saturated carbocycles. The van der Waals surface area contributed by atoms with Gasteiger partial charge in [0.25, 0.3) is 0 Å². The maximum atomic E-state index is 12.2. The molecule has 2 rings (SSSR count). The Morgan fingerprint density at radius 3 is 2.80 bits per heavy atom. The molecule has 0 amide bonds. The summed E-state index contributed by atoms with van der Waals surface area (Å²) in [5.74, 6) is 0.263. The van der Waals surface area contributed by atoms with Crippen LogP contribution in [0.1, 0.15) is 0 Å². The minimum absolute atomic E-state index is 0.0733. The maximum absolute atomic E-state index is 12.2. The third-order valence-corrected chi connectivity index (χ3v) is 5.01. The van der Waals surface area contributed by atoms with Crippen molar-refractivity contribution < 1.29 is 12.6 Å². The standard InChI is InChI=1S/C12H15N3O3S2/c1-19(16)8-7-15-20(17,18)11-5-4-10(13)9-3-2-6-14-12(9)11/h2-6,15H,7-8,13H2,1H3. The second-order valence-electron chi connectivity index (χ2n) is 4.23. The molecule has 1 aromatic carbocycles. The average molecular weight is 313 g/mol. The van der Waals surface area contributed by atoms with Crippen LogP contribution >= 0.6 is 0 Å². The highest BCUT2D eigenvalue weighted by molar-refractivity contribution is 7.89. The second-order valence-corrected chi connectivity index (χ2v) is 7.52. The number of fused-ring (bicyclic) bond motifs is 1. The Bertz CT molecular complexity index is 760. The Morgan fingerprint density at radius 2 is 2.10 bits per heavy atom. The first kappa shape index (κ1) is 14.9. The van der Waals surface area contributed by atoms with E-state index in [-0.39, 0.29) is 17.2 Å². The van der Waals surface area contributed by atoms with Crippen LogP contribution in [0.2, 0.25) is 0 Å². The number of anilines is 1. The molecule has 3 N–H and O–H groups in total. The summed E-state index contributed by atoms with van der Waals surface area (Å²) in [6.07, 6.45) is 3.04. The molecule has 0 aliphatic heterocycles. The average Bonchev–Trinajstić information content (AvgIpc) is 2.38. The van der Waals surface area contributed by atoms with Gasteiger partial charge < -0.3 is 5.73 Å². The van der Waals surface area contributed by atoms with Gasteiger partial charge in [-0.3, -0.25) is 9.19 Å². The van der Waals surface area contributed by atoms with E-state index in [4.69, 9.17) is 5.73 Å². The predicted molar refractivity (Wildman–Crippen MR) is 80.3 cm³/mol. The molecule has 0 fully saturated rings. The summed E-state index contributed by atoms with van der Waals surface area (Å²) >= 11 is 0. The summed E-state index contributed by atoms with van der Waals surface area (Å²) in [4.78, 5) is 4.17. The van der Waals surface area contributed by atoms with Gasteiger partial charge in [-0.05, 0) is 24.3 Å². The van der Waals surface area contributed by atoms with E-state index < -0.39 is 20.8 Å². The number of pyridine rings is 1. The summed E-state index contributed by atoms with van der Waals surface area (Å²) in [6, 6.07) is 6.38. The van der Waals surface area contributed by atoms with Crippen LogP contribution in [0.4, 0.5) is 5.69 Å². The van der Waals surface area contributed by atoms with Crippen molar-refractivity contribution in [2.45, 2.75) is 4.90 Å². The van der Waals surface area contributed by atoms with Crippen LogP contribution in [-0.4, -0.2) is 36.2 Å². The third kappa shape index (κ3) is 3.14. The van der Waals surface area contributed by atoms with E-state index in [9.17, 15) is 12.6 Å². The van der Waals surface area contributed by atoms with Crippen molar-refractivity contribution in [1.29, 1.82) is 0 Å². The molecule has 108 valence electrons. The number of hydrogen-bond acceptors (Lipinski definition) is 5. The van der Waals surface area contributed by atoms with Crippen molar-refractivity contribution in [2.75, 3.05) is 24.3 Å². The van der Waals surface area contributed by atoms with Crippen LogP contribution in [-0.2, 0) is 20.8 Å². The number of rotatable bonds is 5. The van der Waals surface area contributed by atoms with Gasteiger partial charge in [-0.25, -0.2) is 13.1 Å². The van der Waals surface area contributed by atoms with Crippen LogP contribution in [0, 0.1) is 0 Å². The zero-order chi connectivity index (χ0) is 14.8. The fourth-order valence-electron chi connectivity index (χ4n) is 1.78. The van der Waals surface area contributed by atoms with Crippen LogP contribution in [0.15, 0.2) is 35.4 Å². The van der Waals surface area contributed by atoms with E-state index in [1.807, 2.05) is 0 Å². The Morgan fingerprint density at radius 1 is 1.35 bits per heavy atom. The summed E-state index contributed by atoms with van der Waals surface area (Å²) in [7, 11) is -4.75. The van der Waals surface area contributed by atoms with E-state index in [0.717, 1.165) is 0 Å². The fourth-order valence-corrected chi connectivity index (χ4v) is 3.49. The summed E-state index contributed by atoms with van der Waals surface area (Å²) in [5, 5.41) is 0.592. The number of nitrogens with two attached hydrogens (primary N) is 1. The molecular formula is C12H15N3O3S2. The van der Waals surface area contributed by atoms with E-state index in [0.29, 0.717) is 16.6 Å². The molecule has 1 atom stereocenters. The molecule has 0 aliphatic carbocycles. The highest BCUT2D eigenvalue weighted by Crippen LogP contribution is 2.25.